The van der Waals surface area contributed by atoms with Crippen molar-refractivity contribution < 1.29 is 14.4 Å². The first-order chi connectivity index (χ1) is 9.27. The van der Waals surface area contributed by atoms with Crippen molar-refractivity contribution in [3.8, 4) is 0 Å². The van der Waals surface area contributed by atoms with Crippen LogP contribution in [-0.4, -0.2) is 21.0 Å². The molecule has 0 saturated carbocycles. The first-order valence-electron chi connectivity index (χ1n) is 6.14. The van der Waals surface area contributed by atoms with Gasteiger partial charge in [-0.15, -0.1) is 0 Å². The van der Waals surface area contributed by atoms with Gasteiger partial charge >= 0.3 is 7.60 Å². The van der Waals surface area contributed by atoms with Gasteiger partial charge in [-0.25, -0.2) is 0 Å². The molecule has 0 radical (unpaired) electrons. The molecule has 0 spiro atoms. The number of hydrogen-bond donors (Lipinski definition) is 3. The fourth-order valence-corrected chi connectivity index (χ4v) is 3.26. The molecule has 6 heteroatoms. The normalized spacial score (nSPS) is 12.2. The van der Waals surface area contributed by atoms with E-state index in [4.69, 9.17) is 0 Å². The van der Waals surface area contributed by atoms with Crippen molar-refractivity contribution in [1.29, 1.82) is 0 Å². The van der Waals surface area contributed by atoms with E-state index in [1.54, 1.807) is 32.2 Å². The first-order valence-corrected chi connectivity index (χ1v) is 7.75. The highest BCUT2D eigenvalue weighted by Crippen LogP contribution is 2.37. The smallest absolute Gasteiger partial charge is 0.356 e. The number of hydrogen-bond acceptors (Lipinski definition) is 2. The van der Waals surface area contributed by atoms with E-state index >= 15 is 0 Å². The SMILES string of the molecule is Cc1ccc(C=Nc2cc(C)c(P(=O)(O)O)c(C)c2)[nH]1. The number of nitrogens with zero attached hydrogens (tertiary/aromatic N) is 1. The molecule has 2 aromatic rings. The van der Waals surface area contributed by atoms with Crippen molar-refractivity contribution in [2.45, 2.75) is 20.8 Å². The summed E-state index contributed by atoms with van der Waals surface area (Å²) < 4.78 is 11.4. The molecular weight excluding hydrogens is 275 g/mol. The van der Waals surface area contributed by atoms with Gasteiger partial charge in [0, 0.05) is 5.69 Å². The lowest BCUT2D eigenvalue weighted by atomic mass is 10.1. The summed E-state index contributed by atoms with van der Waals surface area (Å²) in [6.07, 6.45) is 1.69. The predicted molar refractivity (Wildman–Crippen MR) is 80.4 cm³/mol. The van der Waals surface area contributed by atoms with Crippen LogP contribution < -0.4 is 5.30 Å². The number of rotatable bonds is 3. The summed E-state index contributed by atoms with van der Waals surface area (Å²) in [5.41, 5.74) is 3.71. The van der Waals surface area contributed by atoms with Crippen LogP contribution in [0.1, 0.15) is 22.5 Å². The Morgan fingerprint density at radius 3 is 2.20 bits per heavy atom. The van der Waals surface area contributed by atoms with Gasteiger partial charge in [-0.2, -0.15) is 0 Å². The predicted octanol–water partition coefficient (Wildman–Crippen LogP) is 2.49. The summed E-state index contributed by atoms with van der Waals surface area (Å²) in [6.45, 7) is 5.32. The second-order valence-corrected chi connectivity index (χ2v) is 6.36. The Morgan fingerprint density at radius 2 is 1.75 bits per heavy atom. The fourth-order valence-electron chi connectivity index (χ4n) is 2.21. The fraction of sp³-hybridized carbons (Fsp3) is 0.214. The van der Waals surface area contributed by atoms with Crippen molar-refractivity contribution in [3.63, 3.8) is 0 Å². The summed E-state index contributed by atoms with van der Waals surface area (Å²) >= 11 is 0. The van der Waals surface area contributed by atoms with Crippen molar-refractivity contribution in [2.24, 2.45) is 4.99 Å². The summed E-state index contributed by atoms with van der Waals surface area (Å²) in [4.78, 5) is 26.1. The number of aryl methyl sites for hydroxylation is 3. The van der Waals surface area contributed by atoms with E-state index in [2.05, 4.69) is 9.98 Å². The zero-order valence-corrected chi connectivity index (χ0v) is 12.5. The van der Waals surface area contributed by atoms with Crippen LogP contribution in [0.4, 0.5) is 5.69 Å². The molecule has 0 unspecified atom stereocenters. The van der Waals surface area contributed by atoms with Gasteiger partial charge in [0.25, 0.3) is 0 Å². The maximum atomic E-state index is 11.4. The van der Waals surface area contributed by atoms with Gasteiger partial charge in [0.2, 0.25) is 0 Å². The van der Waals surface area contributed by atoms with Gasteiger partial charge in [0.05, 0.1) is 22.9 Å². The molecule has 3 N–H and O–H groups in total. The molecule has 0 aliphatic rings. The molecule has 0 bridgehead atoms. The lowest BCUT2D eigenvalue weighted by Gasteiger charge is -2.12. The highest BCUT2D eigenvalue weighted by molar-refractivity contribution is 7.60. The molecule has 1 heterocycles. The number of aromatic nitrogens is 1. The molecule has 1 aromatic carbocycles. The zero-order valence-electron chi connectivity index (χ0n) is 11.6. The zero-order chi connectivity index (χ0) is 14.9. The Bertz CT molecular complexity index is 690. The molecule has 0 fully saturated rings. The Labute approximate surface area is 117 Å². The molecular formula is C14H17N2O3P. The molecule has 2 rings (SSSR count). The van der Waals surface area contributed by atoms with E-state index < -0.39 is 7.60 Å². The molecule has 0 aliphatic carbocycles. The molecule has 1 aromatic heterocycles. The maximum absolute atomic E-state index is 11.4. The summed E-state index contributed by atoms with van der Waals surface area (Å²) in [7, 11) is -4.24. The maximum Gasteiger partial charge on any atom is 0.356 e. The van der Waals surface area contributed by atoms with Crippen LogP contribution >= 0.6 is 7.60 Å². The second kappa shape index (κ2) is 5.37. The van der Waals surface area contributed by atoms with E-state index in [0.29, 0.717) is 16.8 Å². The van der Waals surface area contributed by atoms with Gasteiger partial charge in [-0.1, -0.05) is 0 Å². The summed E-state index contributed by atoms with van der Waals surface area (Å²) in [5.74, 6) is 0. The first kappa shape index (κ1) is 14.7. The van der Waals surface area contributed by atoms with E-state index in [0.717, 1.165) is 11.4 Å². The minimum atomic E-state index is -4.24. The monoisotopic (exact) mass is 292 g/mol. The number of nitrogens with one attached hydrogen (secondary N) is 1. The molecule has 0 aliphatic heterocycles. The van der Waals surface area contributed by atoms with Crippen LogP contribution in [0.15, 0.2) is 29.3 Å². The Hall–Kier alpha value is -1.68. The highest BCUT2D eigenvalue weighted by atomic mass is 31.2. The van der Waals surface area contributed by atoms with E-state index in [9.17, 15) is 14.4 Å². The third-order valence-corrected chi connectivity index (χ3v) is 4.26. The highest BCUT2D eigenvalue weighted by Gasteiger charge is 2.22. The van der Waals surface area contributed by atoms with Gasteiger partial charge < -0.3 is 14.8 Å². The Kier molecular flexibility index (Phi) is 3.95. The van der Waals surface area contributed by atoms with Gasteiger partial charge in [0.15, 0.2) is 0 Å². The Morgan fingerprint density at radius 1 is 1.15 bits per heavy atom. The molecule has 5 nitrogen and oxygen atoms in total. The van der Waals surface area contributed by atoms with Crippen LogP contribution in [0.5, 0.6) is 0 Å². The second-order valence-electron chi connectivity index (χ2n) is 4.83. The minimum Gasteiger partial charge on any atom is -0.358 e. The van der Waals surface area contributed by atoms with Crippen LogP contribution in [0.3, 0.4) is 0 Å². The summed E-state index contributed by atoms with van der Waals surface area (Å²) in [5, 5.41) is 0.0900. The molecule has 20 heavy (non-hydrogen) atoms. The number of benzene rings is 1. The molecule has 0 atom stereocenters. The molecule has 106 valence electrons. The van der Waals surface area contributed by atoms with Crippen molar-refractivity contribution in [1.82, 2.24) is 4.98 Å². The largest absolute Gasteiger partial charge is 0.358 e. The van der Waals surface area contributed by atoms with Crippen molar-refractivity contribution >= 4 is 24.8 Å². The average Bonchev–Trinajstić information content (AvgIpc) is 2.69. The van der Waals surface area contributed by atoms with Gasteiger partial charge in [-0.3, -0.25) is 9.56 Å². The van der Waals surface area contributed by atoms with Crippen molar-refractivity contribution in [2.75, 3.05) is 0 Å². The number of aromatic amines is 1. The molecule has 0 saturated heterocycles. The third kappa shape index (κ3) is 3.25. The minimum absolute atomic E-state index is 0.0900. The summed E-state index contributed by atoms with van der Waals surface area (Å²) in [6, 6.07) is 7.22. The Balaban J connectivity index is 2.36. The number of aliphatic imine (C=N–C) groups is 1. The molecule has 0 amide bonds. The van der Waals surface area contributed by atoms with E-state index in [-0.39, 0.29) is 5.30 Å². The lowest BCUT2D eigenvalue weighted by molar-refractivity contribution is 0.387. The lowest BCUT2D eigenvalue weighted by Crippen LogP contribution is -2.12. The van der Waals surface area contributed by atoms with E-state index in [1.165, 1.54) is 0 Å². The topological polar surface area (TPSA) is 85.7 Å². The van der Waals surface area contributed by atoms with Crippen LogP contribution in [0, 0.1) is 20.8 Å². The van der Waals surface area contributed by atoms with Crippen LogP contribution in [0.25, 0.3) is 0 Å². The van der Waals surface area contributed by atoms with Crippen LogP contribution in [0.2, 0.25) is 0 Å². The number of H-pyrrole nitrogens is 1. The standard InChI is InChI=1S/C14H17N2O3P/c1-9-6-13(7-10(2)14(9)20(17,18)19)15-8-12-5-4-11(3)16-12/h4-8,16H,1-3H3,(H2,17,18,19). The van der Waals surface area contributed by atoms with Crippen LogP contribution in [-0.2, 0) is 4.57 Å². The van der Waals surface area contributed by atoms with E-state index in [1.807, 2.05) is 19.1 Å². The average molecular weight is 292 g/mol. The van der Waals surface area contributed by atoms with Crippen molar-refractivity contribution in [3.05, 3.63) is 46.8 Å². The van der Waals surface area contributed by atoms with Gasteiger partial charge in [0.1, 0.15) is 0 Å². The third-order valence-electron chi connectivity index (χ3n) is 2.97. The van der Waals surface area contributed by atoms with Gasteiger partial charge in [-0.05, 0) is 56.2 Å². The quantitative estimate of drug-likeness (QED) is 0.600.